The van der Waals surface area contributed by atoms with Crippen molar-refractivity contribution in [3.8, 4) is 0 Å². The second kappa shape index (κ2) is 7.23. The molecular weight excluding hydrogens is 215 g/mol. The van der Waals surface area contributed by atoms with E-state index in [1.807, 2.05) is 6.92 Å². The normalized spacial score (nSPS) is 14.3. The van der Waals surface area contributed by atoms with Crippen LogP contribution in [0.4, 0.5) is 13.2 Å². The molecule has 0 saturated carbocycles. The van der Waals surface area contributed by atoms with Crippen LogP contribution in [0.1, 0.15) is 19.8 Å². The van der Waals surface area contributed by atoms with Crippen molar-refractivity contribution >= 4 is 10.8 Å². The molecule has 2 nitrogen and oxygen atoms in total. The summed E-state index contributed by atoms with van der Waals surface area (Å²) in [5, 5.41) is 3.02. The zero-order valence-corrected chi connectivity index (χ0v) is 9.01. The van der Waals surface area contributed by atoms with Crippen molar-refractivity contribution in [3.05, 3.63) is 0 Å². The summed E-state index contributed by atoms with van der Waals surface area (Å²) in [6.45, 7) is 3.49. The molecule has 0 aliphatic carbocycles. The van der Waals surface area contributed by atoms with Crippen LogP contribution < -0.4 is 5.32 Å². The lowest BCUT2D eigenvalue weighted by atomic mass is 10.5. The second-order valence-electron chi connectivity index (χ2n) is 2.92. The number of hydrogen-bond acceptors (Lipinski definition) is 2. The Balaban J connectivity index is 3.38. The van der Waals surface area contributed by atoms with Crippen LogP contribution in [0.2, 0.25) is 0 Å². The molecule has 0 radical (unpaired) electrons. The highest BCUT2D eigenvalue weighted by Crippen LogP contribution is 2.19. The summed E-state index contributed by atoms with van der Waals surface area (Å²) in [5.41, 5.74) is 0. The van der Waals surface area contributed by atoms with Crippen molar-refractivity contribution in [3.63, 3.8) is 0 Å². The van der Waals surface area contributed by atoms with Crippen molar-refractivity contribution in [1.29, 1.82) is 0 Å². The van der Waals surface area contributed by atoms with Crippen molar-refractivity contribution < 1.29 is 17.4 Å². The maximum absolute atomic E-state index is 11.7. The van der Waals surface area contributed by atoms with E-state index in [4.69, 9.17) is 0 Å². The molecule has 6 heteroatoms. The number of halogens is 3. The first-order valence-corrected chi connectivity index (χ1v) is 6.07. The first-order chi connectivity index (χ1) is 6.45. The van der Waals surface area contributed by atoms with Crippen molar-refractivity contribution in [2.24, 2.45) is 0 Å². The molecule has 0 aliphatic heterocycles. The van der Waals surface area contributed by atoms with Gasteiger partial charge in [-0.3, -0.25) is 4.21 Å². The van der Waals surface area contributed by atoms with Crippen LogP contribution in [-0.2, 0) is 10.8 Å². The van der Waals surface area contributed by atoms with E-state index < -0.39 is 23.4 Å². The van der Waals surface area contributed by atoms with E-state index in [9.17, 15) is 17.4 Å². The van der Waals surface area contributed by atoms with Crippen LogP contribution in [0.25, 0.3) is 0 Å². The third kappa shape index (κ3) is 9.98. The molecule has 0 aromatic carbocycles. The Morgan fingerprint density at radius 1 is 1.29 bits per heavy atom. The van der Waals surface area contributed by atoms with Crippen molar-refractivity contribution in [2.45, 2.75) is 25.9 Å². The van der Waals surface area contributed by atoms with E-state index in [-0.39, 0.29) is 5.75 Å². The summed E-state index contributed by atoms with van der Waals surface area (Å²) in [7, 11) is -1.33. The Kier molecular flexibility index (Phi) is 7.17. The zero-order chi connectivity index (χ0) is 11.0. The average molecular weight is 231 g/mol. The summed E-state index contributed by atoms with van der Waals surface area (Å²) in [6.07, 6.45) is -4.46. The second-order valence-corrected chi connectivity index (χ2v) is 4.62. The van der Waals surface area contributed by atoms with Crippen molar-refractivity contribution in [2.75, 3.05) is 24.6 Å². The third-order valence-corrected chi connectivity index (χ3v) is 2.99. The molecule has 1 atom stereocenters. The minimum absolute atomic E-state index is 0.268. The van der Waals surface area contributed by atoms with Gasteiger partial charge in [0, 0.05) is 22.3 Å². The molecule has 0 saturated heterocycles. The van der Waals surface area contributed by atoms with E-state index in [0.717, 1.165) is 6.54 Å². The highest BCUT2D eigenvalue weighted by Gasteiger charge is 2.27. The van der Waals surface area contributed by atoms with E-state index in [1.165, 1.54) is 0 Å². The number of alkyl halides is 3. The van der Waals surface area contributed by atoms with Crippen LogP contribution in [0.3, 0.4) is 0 Å². The van der Waals surface area contributed by atoms with Gasteiger partial charge in [0.15, 0.2) is 0 Å². The molecule has 1 unspecified atom stereocenters. The monoisotopic (exact) mass is 231 g/mol. The van der Waals surface area contributed by atoms with Gasteiger partial charge in [-0.25, -0.2) is 0 Å². The summed E-state index contributed by atoms with van der Waals surface area (Å²) in [6, 6.07) is 0. The molecule has 14 heavy (non-hydrogen) atoms. The lowest BCUT2D eigenvalue weighted by Gasteiger charge is -2.06. The van der Waals surface area contributed by atoms with E-state index in [2.05, 4.69) is 5.32 Å². The molecule has 0 heterocycles. The zero-order valence-electron chi connectivity index (χ0n) is 8.19. The van der Waals surface area contributed by atoms with E-state index in [0.29, 0.717) is 18.7 Å². The van der Waals surface area contributed by atoms with Gasteiger partial charge in [0.1, 0.15) is 0 Å². The SMILES string of the molecule is CCNCCCS(=O)CCC(F)(F)F. The maximum atomic E-state index is 11.7. The average Bonchev–Trinajstić information content (AvgIpc) is 2.08. The van der Waals surface area contributed by atoms with Gasteiger partial charge < -0.3 is 5.32 Å². The van der Waals surface area contributed by atoms with Crippen LogP contribution >= 0.6 is 0 Å². The molecule has 0 aromatic heterocycles. The van der Waals surface area contributed by atoms with Crippen LogP contribution in [-0.4, -0.2) is 35.0 Å². The Hall–Kier alpha value is -0.100. The van der Waals surface area contributed by atoms with Gasteiger partial charge in [0.05, 0.1) is 6.42 Å². The van der Waals surface area contributed by atoms with Gasteiger partial charge in [-0.2, -0.15) is 13.2 Å². The summed E-state index contributed by atoms with van der Waals surface area (Å²) in [4.78, 5) is 0. The van der Waals surface area contributed by atoms with Crippen LogP contribution in [0, 0.1) is 0 Å². The van der Waals surface area contributed by atoms with Crippen LogP contribution in [0.5, 0.6) is 0 Å². The minimum atomic E-state index is -4.18. The molecule has 0 spiro atoms. The van der Waals surface area contributed by atoms with Gasteiger partial charge >= 0.3 is 6.18 Å². The minimum Gasteiger partial charge on any atom is -0.317 e. The highest BCUT2D eigenvalue weighted by atomic mass is 32.2. The Bertz CT molecular complexity index is 172. The molecular formula is C8H16F3NOS. The molecule has 0 aromatic rings. The van der Waals surface area contributed by atoms with E-state index in [1.54, 1.807) is 0 Å². The first-order valence-electron chi connectivity index (χ1n) is 4.58. The first kappa shape index (κ1) is 13.9. The Morgan fingerprint density at radius 2 is 1.93 bits per heavy atom. The lowest BCUT2D eigenvalue weighted by Crippen LogP contribution is -2.18. The van der Waals surface area contributed by atoms with Gasteiger partial charge in [0.2, 0.25) is 0 Å². The van der Waals surface area contributed by atoms with E-state index >= 15 is 0 Å². The van der Waals surface area contributed by atoms with Gasteiger partial charge in [-0.1, -0.05) is 6.92 Å². The largest absolute Gasteiger partial charge is 0.390 e. The standard InChI is InChI=1S/C8H16F3NOS/c1-2-12-5-3-6-14(13)7-4-8(9,10)11/h12H,2-7H2,1H3. The smallest absolute Gasteiger partial charge is 0.317 e. The fourth-order valence-electron chi connectivity index (χ4n) is 0.867. The van der Waals surface area contributed by atoms with Crippen LogP contribution in [0.15, 0.2) is 0 Å². The van der Waals surface area contributed by atoms with Crippen molar-refractivity contribution in [1.82, 2.24) is 5.32 Å². The summed E-state index contributed by atoms with van der Waals surface area (Å²) < 4.78 is 46.2. The fraction of sp³-hybridized carbons (Fsp3) is 1.00. The molecule has 0 aliphatic rings. The number of hydrogen-bond donors (Lipinski definition) is 1. The van der Waals surface area contributed by atoms with Gasteiger partial charge in [-0.05, 0) is 19.5 Å². The van der Waals surface area contributed by atoms with Gasteiger partial charge in [-0.15, -0.1) is 0 Å². The molecule has 0 bridgehead atoms. The Morgan fingerprint density at radius 3 is 2.43 bits per heavy atom. The topological polar surface area (TPSA) is 29.1 Å². The molecule has 0 amide bonds. The highest BCUT2D eigenvalue weighted by molar-refractivity contribution is 7.84. The maximum Gasteiger partial charge on any atom is 0.390 e. The Labute approximate surface area is 84.7 Å². The third-order valence-electron chi connectivity index (χ3n) is 1.59. The number of rotatable bonds is 7. The predicted molar refractivity (Wildman–Crippen MR) is 51.7 cm³/mol. The fourth-order valence-corrected chi connectivity index (χ4v) is 2.00. The summed E-state index contributed by atoms with van der Waals surface area (Å²) in [5.74, 6) is 0.0820. The number of nitrogens with one attached hydrogen (secondary N) is 1. The molecule has 1 N–H and O–H groups in total. The molecule has 0 rings (SSSR count). The molecule has 0 fully saturated rings. The van der Waals surface area contributed by atoms with Gasteiger partial charge in [0.25, 0.3) is 0 Å². The predicted octanol–water partition coefficient (Wildman–Crippen LogP) is 1.69. The lowest BCUT2D eigenvalue weighted by molar-refractivity contribution is -0.129. The quantitative estimate of drug-likeness (QED) is 0.675. The molecule has 86 valence electrons. The summed E-state index contributed by atoms with van der Waals surface area (Å²) >= 11 is 0.